The monoisotopic (exact) mass is 444 g/mol. The van der Waals surface area contributed by atoms with E-state index in [4.69, 9.17) is 0 Å². The van der Waals surface area contributed by atoms with Crippen LogP contribution in [0.1, 0.15) is 16.8 Å². The van der Waals surface area contributed by atoms with Gasteiger partial charge in [-0.3, -0.25) is 14.1 Å². The third-order valence-corrected chi connectivity index (χ3v) is 7.30. The van der Waals surface area contributed by atoms with Crippen molar-refractivity contribution in [2.24, 2.45) is 0 Å². The summed E-state index contributed by atoms with van der Waals surface area (Å²) < 4.78 is 25.7. The highest BCUT2D eigenvalue weighted by molar-refractivity contribution is 7.93. The highest BCUT2D eigenvalue weighted by atomic mass is 32.2. The van der Waals surface area contributed by atoms with Crippen LogP contribution in [0.25, 0.3) is 22.2 Å². The van der Waals surface area contributed by atoms with E-state index in [0.29, 0.717) is 41.1 Å². The van der Waals surface area contributed by atoms with Crippen molar-refractivity contribution in [3.05, 3.63) is 84.7 Å². The fourth-order valence-corrected chi connectivity index (χ4v) is 5.43. The van der Waals surface area contributed by atoms with Crippen molar-refractivity contribution in [1.29, 1.82) is 0 Å². The Morgan fingerprint density at radius 2 is 1.81 bits per heavy atom. The number of pyridine rings is 2. The molecule has 0 saturated carbocycles. The summed E-state index contributed by atoms with van der Waals surface area (Å²) in [6.45, 7) is 0.480. The smallest absolute Gasteiger partial charge is 0.256 e. The average Bonchev–Trinajstić information content (AvgIpc) is 3.18. The fraction of sp³-hybridized carbons (Fsp3) is 0.125. The zero-order valence-corrected chi connectivity index (χ0v) is 17.9. The molecular formula is C24H20N4O3S. The number of aromatic nitrogens is 2. The van der Waals surface area contributed by atoms with Gasteiger partial charge in [0.05, 0.1) is 28.2 Å². The number of nitrogens with zero attached hydrogens (tertiary/aromatic N) is 3. The number of para-hydroxylation sites is 1. The molecule has 1 fully saturated rings. The number of hydrogen-bond acceptors (Lipinski definition) is 5. The van der Waals surface area contributed by atoms with Crippen molar-refractivity contribution in [2.75, 3.05) is 21.9 Å². The SMILES string of the molecule is O=C(Nc1ccc(N2CCCS2(=O)=O)cc1)c1cc(-c2cccnc2)nc2ccccc12. The largest absolute Gasteiger partial charge is 0.322 e. The maximum Gasteiger partial charge on any atom is 0.256 e. The molecule has 2 aromatic carbocycles. The molecule has 0 bridgehead atoms. The number of hydrogen-bond donors (Lipinski definition) is 1. The van der Waals surface area contributed by atoms with E-state index >= 15 is 0 Å². The van der Waals surface area contributed by atoms with Crippen LogP contribution in [0.2, 0.25) is 0 Å². The second kappa shape index (κ2) is 8.05. The Bertz CT molecular complexity index is 1400. The number of fused-ring (bicyclic) bond motifs is 1. The average molecular weight is 445 g/mol. The highest BCUT2D eigenvalue weighted by Gasteiger charge is 2.28. The van der Waals surface area contributed by atoms with Crippen molar-refractivity contribution in [2.45, 2.75) is 6.42 Å². The lowest BCUT2D eigenvalue weighted by Crippen LogP contribution is -2.25. The molecule has 0 aliphatic carbocycles. The van der Waals surface area contributed by atoms with Gasteiger partial charge in [-0.1, -0.05) is 18.2 Å². The molecule has 3 heterocycles. The second-order valence-corrected chi connectivity index (χ2v) is 9.57. The topological polar surface area (TPSA) is 92.3 Å². The maximum absolute atomic E-state index is 13.2. The molecule has 0 radical (unpaired) electrons. The van der Waals surface area contributed by atoms with Crippen LogP contribution in [0.3, 0.4) is 0 Å². The highest BCUT2D eigenvalue weighted by Crippen LogP contribution is 2.27. The van der Waals surface area contributed by atoms with Gasteiger partial charge in [-0.15, -0.1) is 0 Å². The normalized spacial score (nSPS) is 15.1. The molecule has 0 unspecified atom stereocenters. The van der Waals surface area contributed by atoms with Crippen LogP contribution in [0.5, 0.6) is 0 Å². The van der Waals surface area contributed by atoms with Crippen molar-refractivity contribution in [1.82, 2.24) is 9.97 Å². The molecule has 2 aromatic heterocycles. The minimum Gasteiger partial charge on any atom is -0.322 e. The van der Waals surface area contributed by atoms with Crippen molar-refractivity contribution >= 4 is 38.2 Å². The quantitative estimate of drug-likeness (QED) is 0.512. The van der Waals surface area contributed by atoms with Gasteiger partial charge in [-0.2, -0.15) is 0 Å². The van der Waals surface area contributed by atoms with Gasteiger partial charge in [-0.25, -0.2) is 13.4 Å². The van der Waals surface area contributed by atoms with Crippen LogP contribution in [0, 0.1) is 0 Å². The van der Waals surface area contributed by atoms with Crippen LogP contribution in [-0.4, -0.2) is 36.6 Å². The lowest BCUT2D eigenvalue weighted by molar-refractivity contribution is 0.102. The van der Waals surface area contributed by atoms with Gasteiger partial charge in [0.2, 0.25) is 10.0 Å². The first-order valence-electron chi connectivity index (χ1n) is 10.2. The molecule has 4 aromatic rings. The molecule has 160 valence electrons. The molecule has 1 N–H and O–H groups in total. The van der Waals surface area contributed by atoms with Gasteiger partial charge in [0.25, 0.3) is 5.91 Å². The zero-order valence-electron chi connectivity index (χ0n) is 17.1. The second-order valence-electron chi connectivity index (χ2n) is 7.56. The summed E-state index contributed by atoms with van der Waals surface area (Å²) in [4.78, 5) is 22.0. The Balaban J connectivity index is 1.46. The third kappa shape index (κ3) is 3.80. The van der Waals surface area contributed by atoms with Crippen LogP contribution in [-0.2, 0) is 10.0 Å². The number of anilines is 2. The Labute approximate surface area is 185 Å². The summed E-state index contributed by atoms with van der Waals surface area (Å²) in [6.07, 6.45) is 4.02. The van der Waals surface area contributed by atoms with Gasteiger partial charge < -0.3 is 5.32 Å². The number of nitrogens with one attached hydrogen (secondary N) is 1. The summed E-state index contributed by atoms with van der Waals surface area (Å²) in [6, 6.07) is 19.8. The van der Waals surface area contributed by atoms with E-state index in [1.54, 1.807) is 42.7 Å². The van der Waals surface area contributed by atoms with Crippen LogP contribution >= 0.6 is 0 Å². The van der Waals surface area contributed by atoms with E-state index in [-0.39, 0.29) is 11.7 Å². The number of carbonyl (C=O) groups is 1. The number of amides is 1. The molecule has 5 rings (SSSR count). The molecular weight excluding hydrogens is 424 g/mol. The van der Waals surface area contributed by atoms with Crippen LogP contribution in [0.15, 0.2) is 79.1 Å². The minimum absolute atomic E-state index is 0.167. The predicted molar refractivity (Wildman–Crippen MR) is 125 cm³/mol. The fourth-order valence-electron chi connectivity index (χ4n) is 3.86. The predicted octanol–water partition coefficient (Wildman–Crippen LogP) is 4.09. The molecule has 0 atom stereocenters. The van der Waals surface area contributed by atoms with Crippen LogP contribution < -0.4 is 9.62 Å². The molecule has 1 aliphatic heterocycles. The first-order chi connectivity index (χ1) is 15.5. The Kier molecular flexibility index (Phi) is 5.07. The number of carbonyl (C=O) groups excluding carboxylic acids is 1. The summed E-state index contributed by atoms with van der Waals surface area (Å²) in [5.74, 6) is -0.102. The van der Waals surface area contributed by atoms with Gasteiger partial charge in [0.15, 0.2) is 0 Å². The van der Waals surface area contributed by atoms with Crippen molar-refractivity contribution in [3.8, 4) is 11.3 Å². The number of benzene rings is 2. The molecule has 32 heavy (non-hydrogen) atoms. The molecule has 1 saturated heterocycles. The summed E-state index contributed by atoms with van der Waals surface area (Å²) in [5.41, 5.74) is 3.89. The Hall–Kier alpha value is -3.78. The summed E-state index contributed by atoms with van der Waals surface area (Å²) in [5, 5.41) is 3.66. The molecule has 1 amide bonds. The Morgan fingerprint density at radius 3 is 2.53 bits per heavy atom. The first kappa shape index (κ1) is 20.1. The lowest BCUT2D eigenvalue weighted by atomic mass is 10.0. The van der Waals surface area contributed by atoms with Gasteiger partial charge in [0.1, 0.15) is 0 Å². The first-order valence-corrected chi connectivity index (χ1v) is 11.8. The van der Waals surface area contributed by atoms with Crippen molar-refractivity contribution in [3.63, 3.8) is 0 Å². The van der Waals surface area contributed by atoms with E-state index in [1.165, 1.54) is 4.31 Å². The van der Waals surface area contributed by atoms with Crippen LogP contribution in [0.4, 0.5) is 11.4 Å². The third-order valence-electron chi connectivity index (χ3n) is 5.43. The van der Waals surface area contributed by atoms with E-state index in [0.717, 1.165) is 10.9 Å². The molecule has 8 heteroatoms. The van der Waals surface area contributed by atoms with E-state index < -0.39 is 10.0 Å². The lowest BCUT2D eigenvalue weighted by Gasteiger charge is -2.17. The zero-order chi connectivity index (χ0) is 22.1. The maximum atomic E-state index is 13.2. The van der Waals surface area contributed by atoms with Crippen molar-refractivity contribution < 1.29 is 13.2 Å². The number of sulfonamides is 1. The van der Waals surface area contributed by atoms with E-state index in [2.05, 4.69) is 15.3 Å². The van der Waals surface area contributed by atoms with Gasteiger partial charge in [0, 0.05) is 35.6 Å². The van der Waals surface area contributed by atoms with Gasteiger partial charge in [-0.05, 0) is 55.0 Å². The van der Waals surface area contributed by atoms with E-state index in [9.17, 15) is 13.2 Å². The molecule has 1 aliphatic rings. The minimum atomic E-state index is -3.24. The van der Waals surface area contributed by atoms with E-state index in [1.807, 2.05) is 36.4 Å². The van der Waals surface area contributed by atoms with Gasteiger partial charge >= 0.3 is 0 Å². The number of rotatable bonds is 4. The Morgan fingerprint density at radius 1 is 1.00 bits per heavy atom. The molecule has 7 nitrogen and oxygen atoms in total. The molecule has 0 spiro atoms. The summed E-state index contributed by atoms with van der Waals surface area (Å²) >= 11 is 0. The standard InChI is InChI=1S/C24H20N4O3S/c29-24(26-18-8-10-19(11-9-18)28-13-4-14-32(28,30)31)21-15-23(17-5-3-12-25-16-17)27-22-7-2-1-6-20(21)22/h1-3,5-12,15-16H,4,13-14H2,(H,26,29). The summed E-state index contributed by atoms with van der Waals surface area (Å²) in [7, 11) is -3.24.